The van der Waals surface area contributed by atoms with E-state index in [1.165, 1.54) is 5.56 Å². The van der Waals surface area contributed by atoms with Crippen LogP contribution in [0.25, 0.3) is 0 Å². The first-order valence-electron chi connectivity index (χ1n) is 9.32. The number of β-amino-alcohol motifs (C(OH)–C–C–N with tert-alkyl or cyclic N) is 1. The van der Waals surface area contributed by atoms with Crippen LogP contribution in [0.4, 0.5) is 0 Å². The van der Waals surface area contributed by atoms with E-state index in [2.05, 4.69) is 15.9 Å². The standard InChI is InChI=1S/C19H30N2O4S/c1-23-19-12-16(13-20-4-8-24-9-5-20)2-3-18(19)25-15-17(22)14-21-6-10-26-11-7-21/h2-3,12,17,22H,4-11,13-15H2,1H3/t17-/m0/s1. The number of aliphatic hydroxyl groups is 1. The van der Waals surface area contributed by atoms with Gasteiger partial charge in [0, 0.05) is 50.8 Å². The zero-order chi connectivity index (χ0) is 18.2. The van der Waals surface area contributed by atoms with Gasteiger partial charge in [-0.25, -0.2) is 0 Å². The molecule has 0 unspecified atom stereocenters. The summed E-state index contributed by atoms with van der Waals surface area (Å²) in [5.74, 6) is 3.70. The van der Waals surface area contributed by atoms with Crippen molar-refractivity contribution in [3.63, 3.8) is 0 Å². The Kier molecular flexibility index (Phi) is 7.88. The monoisotopic (exact) mass is 382 g/mol. The van der Waals surface area contributed by atoms with Crippen molar-refractivity contribution in [3.8, 4) is 11.5 Å². The third-order valence-corrected chi connectivity index (χ3v) is 5.68. The fourth-order valence-corrected chi connectivity index (χ4v) is 4.25. The minimum Gasteiger partial charge on any atom is -0.493 e. The molecule has 2 heterocycles. The highest BCUT2D eigenvalue weighted by atomic mass is 32.2. The molecule has 2 fully saturated rings. The van der Waals surface area contributed by atoms with Gasteiger partial charge in [-0.05, 0) is 17.7 Å². The fourth-order valence-electron chi connectivity index (χ4n) is 3.27. The SMILES string of the molecule is COc1cc(CN2CCOCC2)ccc1OC[C@@H](O)CN1CCSCC1. The molecular weight excluding hydrogens is 352 g/mol. The highest BCUT2D eigenvalue weighted by molar-refractivity contribution is 7.99. The second-order valence-electron chi connectivity index (χ2n) is 6.75. The second kappa shape index (κ2) is 10.4. The molecule has 0 radical (unpaired) electrons. The van der Waals surface area contributed by atoms with E-state index in [0.717, 1.165) is 63.2 Å². The number of aliphatic hydroxyl groups excluding tert-OH is 1. The van der Waals surface area contributed by atoms with Crippen LogP contribution in [0.15, 0.2) is 18.2 Å². The highest BCUT2D eigenvalue weighted by Crippen LogP contribution is 2.29. The van der Waals surface area contributed by atoms with Gasteiger partial charge in [-0.2, -0.15) is 11.8 Å². The lowest BCUT2D eigenvalue weighted by Crippen LogP contribution is -2.40. The average Bonchev–Trinajstić information content (AvgIpc) is 2.68. The number of methoxy groups -OCH3 is 1. The molecule has 146 valence electrons. The lowest BCUT2D eigenvalue weighted by Gasteiger charge is -2.28. The number of rotatable bonds is 8. The number of nitrogens with zero attached hydrogens (tertiary/aromatic N) is 2. The largest absolute Gasteiger partial charge is 0.493 e. The van der Waals surface area contributed by atoms with E-state index < -0.39 is 6.10 Å². The summed E-state index contributed by atoms with van der Waals surface area (Å²) < 4.78 is 16.7. The Balaban J connectivity index is 1.50. The van der Waals surface area contributed by atoms with Gasteiger partial charge in [0.1, 0.15) is 12.7 Å². The normalized spacial score (nSPS) is 20.7. The molecule has 2 aliphatic heterocycles. The molecule has 2 saturated heterocycles. The second-order valence-corrected chi connectivity index (χ2v) is 7.98. The number of benzene rings is 1. The van der Waals surface area contributed by atoms with E-state index in [-0.39, 0.29) is 6.61 Å². The van der Waals surface area contributed by atoms with E-state index in [1.54, 1.807) is 7.11 Å². The summed E-state index contributed by atoms with van der Waals surface area (Å²) in [6.07, 6.45) is -0.490. The van der Waals surface area contributed by atoms with E-state index in [1.807, 2.05) is 23.9 Å². The molecular formula is C19H30N2O4S. The minimum atomic E-state index is -0.490. The van der Waals surface area contributed by atoms with Crippen LogP contribution < -0.4 is 9.47 Å². The van der Waals surface area contributed by atoms with E-state index >= 15 is 0 Å². The Morgan fingerprint density at radius 1 is 1.12 bits per heavy atom. The molecule has 0 aliphatic carbocycles. The molecule has 1 aromatic carbocycles. The van der Waals surface area contributed by atoms with Crippen LogP contribution in [-0.2, 0) is 11.3 Å². The first-order chi connectivity index (χ1) is 12.7. The molecule has 7 heteroatoms. The molecule has 1 atom stereocenters. The Bertz CT molecular complexity index is 548. The Labute approximate surface area is 160 Å². The first-order valence-corrected chi connectivity index (χ1v) is 10.5. The first kappa shape index (κ1) is 19.8. The van der Waals surface area contributed by atoms with Crippen LogP contribution in [0, 0.1) is 0 Å². The topological polar surface area (TPSA) is 54.4 Å². The summed E-state index contributed by atoms with van der Waals surface area (Å²) in [5, 5.41) is 10.3. The van der Waals surface area contributed by atoms with Gasteiger partial charge < -0.3 is 19.3 Å². The molecule has 3 rings (SSSR count). The highest BCUT2D eigenvalue weighted by Gasteiger charge is 2.17. The number of hydrogen-bond donors (Lipinski definition) is 1. The lowest BCUT2D eigenvalue weighted by atomic mass is 10.2. The van der Waals surface area contributed by atoms with Crippen molar-refractivity contribution < 1.29 is 19.3 Å². The van der Waals surface area contributed by atoms with Crippen molar-refractivity contribution in [1.82, 2.24) is 9.80 Å². The van der Waals surface area contributed by atoms with Gasteiger partial charge in [0.2, 0.25) is 0 Å². The van der Waals surface area contributed by atoms with Gasteiger partial charge >= 0.3 is 0 Å². The third-order valence-electron chi connectivity index (χ3n) is 4.74. The predicted molar refractivity (Wildman–Crippen MR) is 104 cm³/mol. The molecule has 1 aromatic rings. The Hall–Kier alpha value is -0.990. The molecule has 0 spiro atoms. The van der Waals surface area contributed by atoms with Gasteiger partial charge in [0.05, 0.1) is 20.3 Å². The van der Waals surface area contributed by atoms with Gasteiger partial charge in [-0.3, -0.25) is 9.80 Å². The van der Waals surface area contributed by atoms with E-state index in [0.29, 0.717) is 12.3 Å². The average molecular weight is 383 g/mol. The molecule has 0 bridgehead atoms. The minimum absolute atomic E-state index is 0.281. The summed E-state index contributed by atoms with van der Waals surface area (Å²) in [5.41, 5.74) is 1.20. The number of morpholine rings is 1. The summed E-state index contributed by atoms with van der Waals surface area (Å²) in [6.45, 7) is 7.43. The van der Waals surface area contributed by atoms with Gasteiger partial charge in [0.15, 0.2) is 11.5 Å². The molecule has 0 saturated carbocycles. The summed E-state index contributed by atoms with van der Waals surface area (Å²) >= 11 is 1.97. The van der Waals surface area contributed by atoms with Crippen molar-refractivity contribution in [3.05, 3.63) is 23.8 Å². The summed E-state index contributed by atoms with van der Waals surface area (Å²) in [6, 6.07) is 6.04. The molecule has 0 amide bonds. The van der Waals surface area contributed by atoms with Gasteiger partial charge in [-0.15, -0.1) is 0 Å². The third kappa shape index (κ3) is 6.03. The van der Waals surface area contributed by atoms with Crippen molar-refractivity contribution in [2.75, 3.05) is 71.2 Å². The number of hydrogen-bond acceptors (Lipinski definition) is 7. The van der Waals surface area contributed by atoms with Crippen molar-refractivity contribution >= 4 is 11.8 Å². The summed E-state index contributed by atoms with van der Waals surface area (Å²) in [7, 11) is 1.66. The smallest absolute Gasteiger partial charge is 0.161 e. The zero-order valence-electron chi connectivity index (χ0n) is 15.6. The van der Waals surface area contributed by atoms with Crippen LogP contribution in [-0.4, -0.2) is 92.2 Å². The fraction of sp³-hybridized carbons (Fsp3) is 0.684. The van der Waals surface area contributed by atoms with E-state index in [4.69, 9.17) is 14.2 Å². The zero-order valence-corrected chi connectivity index (χ0v) is 16.4. The van der Waals surface area contributed by atoms with Crippen LogP contribution in [0.3, 0.4) is 0 Å². The van der Waals surface area contributed by atoms with Crippen LogP contribution >= 0.6 is 11.8 Å². The van der Waals surface area contributed by atoms with Crippen LogP contribution in [0.1, 0.15) is 5.56 Å². The number of thioether (sulfide) groups is 1. The Morgan fingerprint density at radius 2 is 1.88 bits per heavy atom. The van der Waals surface area contributed by atoms with Crippen LogP contribution in [0.2, 0.25) is 0 Å². The molecule has 6 nitrogen and oxygen atoms in total. The van der Waals surface area contributed by atoms with Crippen molar-refractivity contribution in [2.45, 2.75) is 12.6 Å². The van der Waals surface area contributed by atoms with E-state index in [9.17, 15) is 5.11 Å². The maximum Gasteiger partial charge on any atom is 0.161 e. The van der Waals surface area contributed by atoms with Crippen LogP contribution in [0.5, 0.6) is 11.5 Å². The van der Waals surface area contributed by atoms with Crippen molar-refractivity contribution in [1.29, 1.82) is 0 Å². The lowest BCUT2D eigenvalue weighted by molar-refractivity contribution is 0.0341. The molecule has 2 aliphatic rings. The van der Waals surface area contributed by atoms with Gasteiger partial charge in [0.25, 0.3) is 0 Å². The Morgan fingerprint density at radius 3 is 2.62 bits per heavy atom. The molecule has 26 heavy (non-hydrogen) atoms. The maximum absolute atomic E-state index is 10.3. The molecule has 0 aromatic heterocycles. The van der Waals surface area contributed by atoms with Gasteiger partial charge in [-0.1, -0.05) is 6.07 Å². The quantitative estimate of drug-likeness (QED) is 0.728. The maximum atomic E-state index is 10.3. The number of ether oxygens (including phenoxy) is 3. The summed E-state index contributed by atoms with van der Waals surface area (Å²) in [4.78, 5) is 4.67. The van der Waals surface area contributed by atoms with Crippen molar-refractivity contribution in [2.24, 2.45) is 0 Å². The molecule has 1 N–H and O–H groups in total. The predicted octanol–water partition coefficient (Wildman–Crippen LogP) is 1.32.